The summed E-state index contributed by atoms with van der Waals surface area (Å²) in [5.74, 6) is -0.483. The van der Waals surface area contributed by atoms with E-state index in [2.05, 4.69) is 5.32 Å². The van der Waals surface area contributed by atoms with Crippen molar-refractivity contribution in [2.75, 3.05) is 18.4 Å². The Balaban J connectivity index is 1.94. The second-order valence-corrected chi connectivity index (χ2v) is 6.35. The zero-order chi connectivity index (χ0) is 16.3. The van der Waals surface area contributed by atoms with Crippen molar-refractivity contribution >= 4 is 40.7 Å². The van der Waals surface area contributed by atoms with Crippen molar-refractivity contribution < 1.29 is 9.59 Å². The van der Waals surface area contributed by atoms with Crippen LogP contribution in [0.15, 0.2) is 18.2 Å². The number of rotatable bonds is 4. The van der Waals surface area contributed by atoms with Gasteiger partial charge in [0.2, 0.25) is 11.8 Å². The lowest BCUT2D eigenvalue weighted by atomic mass is 9.95. The van der Waals surface area contributed by atoms with E-state index in [9.17, 15) is 9.59 Å². The summed E-state index contributed by atoms with van der Waals surface area (Å²) in [5.41, 5.74) is 5.85. The van der Waals surface area contributed by atoms with Gasteiger partial charge >= 0.3 is 0 Å². The van der Waals surface area contributed by atoms with Gasteiger partial charge in [-0.2, -0.15) is 0 Å². The summed E-state index contributed by atoms with van der Waals surface area (Å²) in [4.78, 5) is 25.5. The van der Waals surface area contributed by atoms with E-state index in [4.69, 9.17) is 28.9 Å². The maximum absolute atomic E-state index is 12.3. The molecule has 0 aromatic heterocycles. The predicted molar refractivity (Wildman–Crippen MR) is 88.0 cm³/mol. The summed E-state index contributed by atoms with van der Waals surface area (Å²) in [6, 6.07) is 4.63. The van der Waals surface area contributed by atoms with E-state index in [-0.39, 0.29) is 23.8 Å². The molecule has 2 rings (SSSR count). The van der Waals surface area contributed by atoms with Gasteiger partial charge in [0.05, 0.1) is 16.8 Å². The Kier molecular flexibility index (Phi) is 5.67. The van der Waals surface area contributed by atoms with Crippen LogP contribution in [0, 0.1) is 5.92 Å². The Morgan fingerprint density at radius 1 is 1.32 bits per heavy atom. The number of halogens is 2. The van der Waals surface area contributed by atoms with Crippen molar-refractivity contribution in [3.63, 3.8) is 0 Å². The first-order valence-corrected chi connectivity index (χ1v) is 7.93. The minimum atomic E-state index is -0.305. The van der Waals surface area contributed by atoms with Crippen LogP contribution in [0.1, 0.15) is 19.8 Å². The first kappa shape index (κ1) is 17.1. The van der Waals surface area contributed by atoms with E-state index in [1.807, 2.05) is 11.8 Å². The molecule has 0 aliphatic carbocycles. The molecule has 5 nitrogen and oxygen atoms in total. The van der Waals surface area contributed by atoms with Gasteiger partial charge in [0, 0.05) is 10.9 Å². The number of nitrogens with two attached hydrogens (primary N) is 1. The predicted octanol–water partition coefficient (Wildman–Crippen LogP) is 2.52. The molecule has 1 heterocycles. The van der Waals surface area contributed by atoms with Crippen LogP contribution in [-0.2, 0) is 9.59 Å². The zero-order valence-corrected chi connectivity index (χ0v) is 13.8. The number of carbonyl (C=O) groups excluding carboxylic acids is 2. The lowest BCUT2D eigenvalue weighted by molar-refractivity contribution is -0.124. The minimum Gasteiger partial charge on any atom is -0.369 e. The maximum atomic E-state index is 12.3. The Morgan fingerprint density at radius 3 is 2.50 bits per heavy atom. The molecule has 3 N–H and O–H groups in total. The van der Waals surface area contributed by atoms with Gasteiger partial charge in [-0.15, -0.1) is 0 Å². The number of piperidine rings is 1. The fourth-order valence-corrected chi connectivity index (χ4v) is 3.02. The average molecular weight is 344 g/mol. The molecule has 1 saturated heterocycles. The van der Waals surface area contributed by atoms with E-state index >= 15 is 0 Å². The molecule has 7 heteroatoms. The Bertz CT molecular complexity index is 572. The number of nitrogens with zero attached hydrogens (tertiary/aromatic N) is 1. The van der Waals surface area contributed by atoms with Gasteiger partial charge in [0.25, 0.3) is 0 Å². The van der Waals surface area contributed by atoms with Gasteiger partial charge in [-0.05, 0) is 51.1 Å². The SMILES string of the molecule is CC(C(=O)Nc1ccc(Cl)cc1Cl)N1CCC(C(N)=O)CC1. The highest BCUT2D eigenvalue weighted by Gasteiger charge is 2.28. The van der Waals surface area contributed by atoms with Gasteiger partial charge < -0.3 is 11.1 Å². The molecule has 2 amide bonds. The number of likely N-dealkylation sites (tertiary alicyclic amines) is 1. The van der Waals surface area contributed by atoms with Gasteiger partial charge in [-0.3, -0.25) is 14.5 Å². The molecule has 1 aliphatic rings. The summed E-state index contributed by atoms with van der Waals surface area (Å²) < 4.78 is 0. The number of anilines is 1. The van der Waals surface area contributed by atoms with Gasteiger partial charge in [0.1, 0.15) is 0 Å². The van der Waals surface area contributed by atoms with Crippen molar-refractivity contribution in [2.24, 2.45) is 11.7 Å². The van der Waals surface area contributed by atoms with Gasteiger partial charge in [-0.1, -0.05) is 23.2 Å². The van der Waals surface area contributed by atoms with E-state index in [0.29, 0.717) is 41.7 Å². The fourth-order valence-electron chi connectivity index (χ4n) is 2.57. The summed E-state index contributed by atoms with van der Waals surface area (Å²) in [6.45, 7) is 3.19. The third kappa shape index (κ3) is 4.12. The molecular weight excluding hydrogens is 325 g/mol. The Labute approximate surface area is 139 Å². The highest BCUT2D eigenvalue weighted by Crippen LogP contribution is 2.26. The van der Waals surface area contributed by atoms with Crippen LogP contribution in [0.5, 0.6) is 0 Å². The normalized spacial score (nSPS) is 18.0. The highest BCUT2D eigenvalue weighted by molar-refractivity contribution is 6.36. The standard InChI is InChI=1S/C15H19Cl2N3O2/c1-9(20-6-4-10(5-7-20)14(18)21)15(22)19-13-3-2-11(16)8-12(13)17/h2-3,8-10H,4-7H2,1H3,(H2,18,21)(H,19,22). The molecule has 120 valence electrons. The number of amides is 2. The third-order valence-corrected chi connectivity index (χ3v) is 4.60. The monoisotopic (exact) mass is 343 g/mol. The lowest BCUT2D eigenvalue weighted by Crippen LogP contribution is -2.47. The topological polar surface area (TPSA) is 75.4 Å². The largest absolute Gasteiger partial charge is 0.369 e. The summed E-state index contributed by atoms with van der Waals surface area (Å²) in [5, 5.41) is 3.73. The number of carbonyl (C=O) groups is 2. The fraction of sp³-hybridized carbons (Fsp3) is 0.467. The maximum Gasteiger partial charge on any atom is 0.241 e. The zero-order valence-electron chi connectivity index (χ0n) is 12.3. The smallest absolute Gasteiger partial charge is 0.241 e. The molecule has 22 heavy (non-hydrogen) atoms. The van der Waals surface area contributed by atoms with E-state index in [1.54, 1.807) is 18.2 Å². The molecular formula is C15H19Cl2N3O2. The number of hydrogen-bond donors (Lipinski definition) is 2. The quantitative estimate of drug-likeness (QED) is 0.881. The molecule has 1 aromatic carbocycles. The highest BCUT2D eigenvalue weighted by atomic mass is 35.5. The molecule has 1 aromatic rings. The van der Waals surface area contributed by atoms with Crippen molar-refractivity contribution in [1.29, 1.82) is 0 Å². The third-order valence-electron chi connectivity index (χ3n) is 4.05. The van der Waals surface area contributed by atoms with Crippen molar-refractivity contribution in [1.82, 2.24) is 4.90 Å². The van der Waals surface area contributed by atoms with Crippen LogP contribution >= 0.6 is 23.2 Å². The number of benzene rings is 1. The summed E-state index contributed by atoms with van der Waals surface area (Å²) in [7, 11) is 0. The van der Waals surface area contributed by atoms with Crippen LogP contribution < -0.4 is 11.1 Å². The van der Waals surface area contributed by atoms with Crippen molar-refractivity contribution in [2.45, 2.75) is 25.8 Å². The number of primary amides is 1. The molecule has 1 aliphatic heterocycles. The molecule has 0 spiro atoms. The molecule has 0 radical (unpaired) electrons. The second kappa shape index (κ2) is 7.31. The Hall–Kier alpha value is -1.30. The Morgan fingerprint density at radius 2 is 1.95 bits per heavy atom. The number of hydrogen-bond acceptors (Lipinski definition) is 3. The van der Waals surface area contributed by atoms with E-state index in [1.165, 1.54) is 0 Å². The van der Waals surface area contributed by atoms with Crippen LogP contribution in [-0.4, -0.2) is 35.8 Å². The van der Waals surface area contributed by atoms with Crippen LogP contribution in [0.2, 0.25) is 10.0 Å². The van der Waals surface area contributed by atoms with E-state index in [0.717, 1.165) is 0 Å². The number of nitrogens with one attached hydrogen (secondary N) is 1. The first-order chi connectivity index (χ1) is 10.4. The van der Waals surface area contributed by atoms with E-state index < -0.39 is 0 Å². The van der Waals surface area contributed by atoms with Crippen LogP contribution in [0.4, 0.5) is 5.69 Å². The second-order valence-electron chi connectivity index (χ2n) is 5.50. The molecule has 0 bridgehead atoms. The molecule has 1 atom stereocenters. The minimum absolute atomic E-state index is 0.0859. The molecule has 0 saturated carbocycles. The van der Waals surface area contributed by atoms with Gasteiger partial charge in [0.15, 0.2) is 0 Å². The molecule has 1 unspecified atom stereocenters. The molecule has 1 fully saturated rings. The van der Waals surface area contributed by atoms with Crippen LogP contribution in [0.3, 0.4) is 0 Å². The van der Waals surface area contributed by atoms with Gasteiger partial charge in [-0.25, -0.2) is 0 Å². The lowest BCUT2D eigenvalue weighted by Gasteiger charge is -2.34. The first-order valence-electron chi connectivity index (χ1n) is 7.17. The summed E-state index contributed by atoms with van der Waals surface area (Å²) >= 11 is 11.9. The summed E-state index contributed by atoms with van der Waals surface area (Å²) in [6.07, 6.45) is 1.38. The van der Waals surface area contributed by atoms with Crippen molar-refractivity contribution in [3.05, 3.63) is 28.2 Å². The van der Waals surface area contributed by atoms with Crippen molar-refractivity contribution in [3.8, 4) is 0 Å². The van der Waals surface area contributed by atoms with Crippen LogP contribution in [0.25, 0.3) is 0 Å². The average Bonchev–Trinajstić information content (AvgIpc) is 2.49.